The molecule has 2 aromatic carbocycles. The van der Waals surface area contributed by atoms with Crippen LogP contribution in [0.4, 0.5) is 5.82 Å². The van der Waals surface area contributed by atoms with Gasteiger partial charge in [0, 0.05) is 35.5 Å². The number of nitrogens with two attached hydrogens (primary N) is 1. The number of imidazole rings is 1. The summed E-state index contributed by atoms with van der Waals surface area (Å²) in [7, 11) is 2.23. The molecule has 2 N–H and O–H groups in total. The molecule has 6 rings (SSSR count). The van der Waals surface area contributed by atoms with Crippen molar-refractivity contribution in [2.45, 2.75) is 39.0 Å². The summed E-state index contributed by atoms with van der Waals surface area (Å²) in [5.74, 6) is 1.47. The molecule has 1 aliphatic carbocycles. The van der Waals surface area contributed by atoms with Crippen molar-refractivity contribution in [3.63, 3.8) is 0 Å². The fraction of sp³-hybridized carbons (Fsp3) is 0.323. The van der Waals surface area contributed by atoms with Crippen molar-refractivity contribution >= 4 is 22.2 Å². The van der Waals surface area contributed by atoms with Crippen LogP contribution in [0.3, 0.4) is 0 Å². The van der Waals surface area contributed by atoms with Crippen LogP contribution in [0.2, 0.25) is 0 Å². The maximum atomic E-state index is 6.06. The van der Waals surface area contributed by atoms with Gasteiger partial charge in [-0.1, -0.05) is 74.7 Å². The van der Waals surface area contributed by atoms with Crippen LogP contribution in [0.15, 0.2) is 79.4 Å². The highest BCUT2D eigenvalue weighted by Gasteiger charge is 2.14. The minimum atomic E-state index is 0.464. The van der Waals surface area contributed by atoms with Crippen LogP contribution in [-0.2, 0) is 0 Å². The van der Waals surface area contributed by atoms with E-state index >= 15 is 0 Å². The number of rotatable bonds is 5. The maximum Gasteiger partial charge on any atom is 0.150 e. The number of aromatic nitrogens is 4. The number of benzene rings is 2. The Hall–Kier alpha value is -3.77. The summed E-state index contributed by atoms with van der Waals surface area (Å²) >= 11 is 0. The smallest absolute Gasteiger partial charge is 0.150 e. The Morgan fingerprint density at radius 2 is 1.73 bits per heavy atom. The van der Waals surface area contributed by atoms with Gasteiger partial charge in [-0.15, -0.1) is 0 Å². The van der Waals surface area contributed by atoms with Crippen LogP contribution in [0, 0.1) is 5.92 Å². The van der Waals surface area contributed by atoms with Crippen LogP contribution in [0.1, 0.15) is 39.0 Å². The van der Waals surface area contributed by atoms with Crippen molar-refractivity contribution < 1.29 is 0 Å². The van der Waals surface area contributed by atoms with E-state index in [-0.39, 0.29) is 0 Å². The van der Waals surface area contributed by atoms with Crippen LogP contribution in [0.25, 0.3) is 38.9 Å². The van der Waals surface area contributed by atoms with Gasteiger partial charge in [-0.25, -0.2) is 15.0 Å². The number of nitrogens with zero attached hydrogens (tertiary/aromatic N) is 5. The molecule has 6 nitrogen and oxygen atoms in total. The standard InChI is InChI=1S/C21H15N5.C10H21N/c22-21-20-19(24-13-26(20)11-10-23-21)16-7-6-15-8-9-17(25-18(15)12-16)14-4-2-1-3-5-14;1-3-11(2)9-10-7-5-4-6-8-10/h1-13H,(H2,22,23);10H,3-9H2,1-2H3. The van der Waals surface area contributed by atoms with Gasteiger partial charge in [0.25, 0.3) is 0 Å². The molecular formula is C31H36N6. The van der Waals surface area contributed by atoms with Crippen LogP contribution >= 0.6 is 0 Å². The largest absolute Gasteiger partial charge is 0.382 e. The van der Waals surface area contributed by atoms with E-state index in [0.717, 1.165) is 44.9 Å². The molecule has 0 spiro atoms. The molecule has 0 bridgehead atoms. The summed E-state index contributed by atoms with van der Waals surface area (Å²) in [5.41, 5.74) is 11.6. The Balaban J connectivity index is 0.000000215. The van der Waals surface area contributed by atoms with E-state index in [0.29, 0.717) is 5.82 Å². The van der Waals surface area contributed by atoms with Crippen molar-refractivity contribution in [1.29, 1.82) is 0 Å². The predicted molar refractivity (Wildman–Crippen MR) is 153 cm³/mol. The number of anilines is 1. The molecule has 0 aliphatic heterocycles. The molecule has 5 aromatic rings. The molecular weight excluding hydrogens is 456 g/mol. The predicted octanol–water partition coefficient (Wildman–Crippen LogP) is 6.71. The van der Waals surface area contributed by atoms with Gasteiger partial charge in [0.05, 0.1) is 16.9 Å². The van der Waals surface area contributed by atoms with Gasteiger partial charge in [-0.05, 0) is 44.5 Å². The normalized spacial score (nSPS) is 14.1. The summed E-state index contributed by atoms with van der Waals surface area (Å²) < 4.78 is 1.88. The second-order valence-electron chi connectivity index (χ2n) is 9.99. The Morgan fingerprint density at radius 3 is 2.51 bits per heavy atom. The topological polar surface area (TPSA) is 72.3 Å². The van der Waals surface area contributed by atoms with Gasteiger partial charge in [0.1, 0.15) is 17.7 Å². The van der Waals surface area contributed by atoms with E-state index < -0.39 is 0 Å². The lowest BCUT2D eigenvalue weighted by Gasteiger charge is -2.25. The Kier molecular flexibility index (Phi) is 7.76. The molecule has 0 radical (unpaired) electrons. The second-order valence-corrected chi connectivity index (χ2v) is 9.99. The molecule has 3 heterocycles. The van der Waals surface area contributed by atoms with E-state index in [1.54, 1.807) is 12.5 Å². The molecule has 6 heteroatoms. The SMILES string of the molecule is CCN(C)CC1CCCCC1.Nc1nccn2cnc(-c3ccc4ccc(-c5ccccc5)nc4c3)c12. The maximum absolute atomic E-state index is 6.06. The first-order chi connectivity index (χ1) is 18.1. The highest BCUT2D eigenvalue weighted by atomic mass is 15.1. The average molecular weight is 493 g/mol. The third-order valence-electron chi connectivity index (χ3n) is 7.35. The minimum Gasteiger partial charge on any atom is -0.382 e. The van der Waals surface area contributed by atoms with E-state index in [2.05, 4.69) is 59.2 Å². The van der Waals surface area contributed by atoms with Crippen molar-refractivity contribution in [1.82, 2.24) is 24.3 Å². The molecule has 1 aliphatic rings. The molecule has 3 aromatic heterocycles. The zero-order chi connectivity index (χ0) is 25.6. The van der Waals surface area contributed by atoms with Crippen molar-refractivity contribution in [2.75, 3.05) is 25.9 Å². The number of fused-ring (bicyclic) bond motifs is 2. The quantitative estimate of drug-likeness (QED) is 0.295. The zero-order valence-corrected chi connectivity index (χ0v) is 21.8. The lowest BCUT2D eigenvalue weighted by Crippen LogP contribution is -2.26. The zero-order valence-electron chi connectivity index (χ0n) is 21.8. The summed E-state index contributed by atoms with van der Waals surface area (Å²) in [4.78, 5) is 16.0. The van der Waals surface area contributed by atoms with Crippen LogP contribution < -0.4 is 5.73 Å². The molecule has 1 saturated carbocycles. The number of nitrogen functional groups attached to an aromatic ring is 1. The van der Waals surface area contributed by atoms with Crippen molar-refractivity contribution in [2.24, 2.45) is 5.92 Å². The number of hydrogen-bond acceptors (Lipinski definition) is 5. The Labute approximate surface area is 219 Å². The van der Waals surface area contributed by atoms with Crippen LogP contribution in [-0.4, -0.2) is 44.4 Å². The van der Waals surface area contributed by atoms with Gasteiger partial charge in [0.15, 0.2) is 0 Å². The fourth-order valence-corrected chi connectivity index (χ4v) is 5.16. The van der Waals surface area contributed by atoms with Gasteiger partial charge < -0.3 is 15.0 Å². The van der Waals surface area contributed by atoms with E-state index in [9.17, 15) is 0 Å². The van der Waals surface area contributed by atoms with Crippen molar-refractivity contribution in [3.05, 3.63) is 79.4 Å². The number of hydrogen-bond donors (Lipinski definition) is 1. The second kappa shape index (κ2) is 11.5. The molecule has 190 valence electrons. The Morgan fingerprint density at radius 1 is 0.946 bits per heavy atom. The van der Waals surface area contributed by atoms with E-state index in [1.807, 2.05) is 40.9 Å². The lowest BCUT2D eigenvalue weighted by atomic mass is 9.89. The molecule has 37 heavy (non-hydrogen) atoms. The highest BCUT2D eigenvalue weighted by molar-refractivity contribution is 5.91. The minimum absolute atomic E-state index is 0.464. The first-order valence-corrected chi connectivity index (χ1v) is 13.3. The molecule has 0 amide bonds. The lowest BCUT2D eigenvalue weighted by molar-refractivity contribution is 0.241. The third kappa shape index (κ3) is 5.81. The first kappa shape index (κ1) is 24.9. The van der Waals surface area contributed by atoms with Gasteiger partial charge in [0.2, 0.25) is 0 Å². The summed E-state index contributed by atoms with van der Waals surface area (Å²) in [5, 5.41) is 1.09. The summed E-state index contributed by atoms with van der Waals surface area (Å²) in [6.45, 7) is 4.77. The van der Waals surface area contributed by atoms with Gasteiger partial charge in [-0.2, -0.15) is 0 Å². The summed E-state index contributed by atoms with van der Waals surface area (Å²) in [6.07, 6.45) is 12.6. The van der Waals surface area contributed by atoms with Gasteiger partial charge in [-0.3, -0.25) is 0 Å². The van der Waals surface area contributed by atoms with Gasteiger partial charge >= 0.3 is 0 Å². The van der Waals surface area contributed by atoms with E-state index in [4.69, 9.17) is 10.7 Å². The molecule has 0 unspecified atom stereocenters. The molecule has 0 saturated heterocycles. The monoisotopic (exact) mass is 492 g/mol. The average Bonchev–Trinajstić information content (AvgIpc) is 3.39. The first-order valence-electron chi connectivity index (χ1n) is 13.3. The highest BCUT2D eigenvalue weighted by Crippen LogP contribution is 2.29. The third-order valence-corrected chi connectivity index (χ3v) is 7.35. The number of pyridine rings is 1. The fourth-order valence-electron chi connectivity index (χ4n) is 5.16. The van der Waals surface area contributed by atoms with Crippen LogP contribution in [0.5, 0.6) is 0 Å². The molecule has 0 atom stereocenters. The Bertz CT molecular complexity index is 1450. The van der Waals surface area contributed by atoms with E-state index in [1.165, 1.54) is 45.2 Å². The molecule has 1 fully saturated rings. The summed E-state index contributed by atoms with van der Waals surface area (Å²) in [6, 6.07) is 20.5. The van der Waals surface area contributed by atoms with Crippen molar-refractivity contribution in [3.8, 4) is 22.5 Å².